The number of benzene rings is 3. The molecule has 2 heterocycles. The molecular formula is C31H31F3N6O2. The number of carbonyl (C=O) groups excluding carboxylic acids is 1. The fourth-order valence-corrected chi connectivity index (χ4v) is 4.77. The van der Waals surface area contributed by atoms with Gasteiger partial charge in [-0.2, -0.15) is 0 Å². The van der Waals surface area contributed by atoms with E-state index >= 15 is 0 Å². The van der Waals surface area contributed by atoms with Crippen LogP contribution in [0.3, 0.4) is 0 Å². The van der Waals surface area contributed by atoms with E-state index in [2.05, 4.69) is 44.0 Å². The summed E-state index contributed by atoms with van der Waals surface area (Å²) >= 11 is 0. The summed E-state index contributed by atoms with van der Waals surface area (Å²) in [7, 11) is 2.12. The maximum atomic E-state index is 14.9. The van der Waals surface area contributed by atoms with Gasteiger partial charge in [0.25, 0.3) is 0 Å². The van der Waals surface area contributed by atoms with Crippen molar-refractivity contribution in [3.05, 3.63) is 85.0 Å². The number of nitrogens with one attached hydrogen (secondary N) is 2. The average molecular weight is 577 g/mol. The lowest BCUT2D eigenvalue weighted by molar-refractivity contribution is -0.111. The molecule has 4 aromatic rings. The fourth-order valence-electron chi connectivity index (χ4n) is 4.77. The van der Waals surface area contributed by atoms with Gasteiger partial charge < -0.3 is 25.2 Å². The Labute approximate surface area is 241 Å². The molecule has 0 spiro atoms. The summed E-state index contributed by atoms with van der Waals surface area (Å²) in [4.78, 5) is 25.6. The number of amides is 1. The number of carbonyl (C=O) groups is 1. The molecule has 0 atom stereocenters. The molecular weight excluding hydrogens is 545 g/mol. The van der Waals surface area contributed by atoms with Crippen LogP contribution in [-0.4, -0.2) is 72.1 Å². The fraction of sp³-hybridized carbons (Fsp3) is 0.258. The third kappa shape index (κ3) is 6.87. The van der Waals surface area contributed by atoms with Gasteiger partial charge in [0.15, 0.2) is 0 Å². The number of anilines is 3. The number of nitrogens with zero attached hydrogens (tertiary/aromatic N) is 4. The van der Waals surface area contributed by atoms with E-state index < -0.39 is 23.4 Å². The molecule has 11 heteroatoms. The van der Waals surface area contributed by atoms with E-state index in [0.29, 0.717) is 34.5 Å². The molecule has 1 aliphatic heterocycles. The molecule has 218 valence electrons. The van der Waals surface area contributed by atoms with Crippen LogP contribution in [0.4, 0.5) is 30.4 Å². The summed E-state index contributed by atoms with van der Waals surface area (Å²) in [6.07, 6.45) is 3.28. The molecule has 3 aromatic carbocycles. The zero-order valence-corrected chi connectivity index (χ0v) is 23.2. The minimum atomic E-state index is -0.765. The number of fused-ring (bicyclic) bond motifs is 1. The predicted molar refractivity (Wildman–Crippen MR) is 157 cm³/mol. The van der Waals surface area contributed by atoms with Crippen molar-refractivity contribution in [2.75, 3.05) is 57.0 Å². The summed E-state index contributed by atoms with van der Waals surface area (Å²) in [5.74, 6) is -1.82. The van der Waals surface area contributed by atoms with Crippen LogP contribution in [-0.2, 0) is 4.79 Å². The Bertz CT molecular complexity index is 1610. The minimum Gasteiger partial charge on any atom is -0.491 e. The Morgan fingerprint density at radius 1 is 1.00 bits per heavy atom. The van der Waals surface area contributed by atoms with Crippen LogP contribution in [0.1, 0.15) is 6.42 Å². The van der Waals surface area contributed by atoms with Gasteiger partial charge in [0.1, 0.15) is 35.3 Å². The van der Waals surface area contributed by atoms with Crippen molar-refractivity contribution in [3.63, 3.8) is 0 Å². The predicted octanol–water partition coefficient (Wildman–Crippen LogP) is 5.60. The van der Waals surface area contributed by atoms with E-state index in [1.165, 1.54) is 30.6 Å². The first-order valence-electron chi connectivity index (χ1n) is 13.6. The third-order valence-corrected chi connectivity index (χ3v) is 7.11. The molecule has 1 amide bonds. The lowest BCUT2D eigenvalue weighted by atomic mass is 10.0. The van der Waals surface area contributed by atoms with Gasteiger partial charge >= 0.3 is 0 Å². The Balaban J connectivity index is 1.40. The van der Waals surface area contributed by atoms with Crippen LogP contribution in [0.15, 0.2) is 67.5 Å². The van der Waals surface area contributed by atoms with E-state index in [1.54, 1.807) is 12.1 Å². The minimum absolute atomic E-state index is 0.0251. The van der Waals surface area contributed by atoms with E-state index in [-0.39, 0.29) is 17.1 Å². The summed E-state index contributed by atoms with van der Waals surface area (Å²) in [6, 6.07) is 10.6. The van der Waals surface area contributed by atoms with Gasteiger partial charge in [-0.3, -0.25) is 4.79 Å². The van der Waals surface area contributed by atoms with Gasteiger partial charge in [0.05, 0.1) is 23.5 Å². The van der Waals surface area contributed by atoms with Crippen molar-refractivity contribution in [3.8, 4) is 16.9 Å². The van der Waals surface area contributed by atoms with Crippen LogP contribution in [0.5, 0.6) is 5.75 Å². The molecule has 0 radical (unpaired) electrons. The van der Waals surface area contributed by atoms with Crippen molar-refractivity contribution in [2.45, 2.75) is 6.42 Å². The highest BCUT2D eigenvalue weighted by molar-refractivity contribution is 6.03. The molecule has 1 fully saturated rings. The first-order chi connectivity index (χ1) is 20.3. The molecule has 0 unspecified atom stereocenters. The van der Waals surface area contributed by atoms with Crippen LogP contribution in [0.2, 0.25) is 0 Å². The molecule has 0 aliphatic carbocycles. The Hall–Kier alpha value is -4.48. The standard InChI is InChI=1S/C31H31F3N6O2/c1-3-30(41)37-28-17-23-26(18-29(28)42-14-4-9-40-12-10-39(2)11-13-40)35-19-36-31(23)38-27-15-20(5-8-24(27)33)22-7-6-21(32)16-25(22)34/h3,5-8,15-19H,1,4,9-14H2,2H3,(H,37,41)(H,35,36,38). The van der Waals surface area contributed by atoms with Crippen LogP contribution < -0.4 is 15.4 Å². The van der Waals surface area contributed by atoms with Crippen molar-refractivity contribution in [1.29, 1.82) is 0 Å². The third-order valence-electron chi connectivity index (χ3n) is 7.11. The van der Waals surface area contributed by atoms with E-state index in [4.69, 9.17) is 4.74 Å². The average Bonchev–Trinajstić information content (AvgIpc) is 2.98. The molecule has 1 saturated heterocycles. The van der Waals surface area contributed by atoms with Gasteiger partial charge in [-0.05, 0) is 55.4 Å². The maximum absolute atomic E-state index is 14.9. The summed E-state index contributed by atoms with van der Waals surface area (Å²) in [5, 5.41) is 6.21. The quantitative estimate of drug-likeness (QED) is 0.188. The molecule has 1 aromatic heterocycles. The highest BCUT2D eigenvalue weighted by Gasteiger charge is 2.17. The van der Waals surface area contributed by atoms with Gasteiger partial charge in [-0.25, -0.2) is 23.1 Å². The first kappa shape index (κ1) is 29.0. The highest BCUT2D eigenvalue weighted by Crippen LogP contribution is 2.35. The van der Waals surface area contributed by atoms with E-state index in [0.717, 1.165) is 57.4 Å². The van der Waals surface area contributed by atoms with Gasteiger partial charge in [-0.15, -0.1) is 0 Å². The number of hydrogen-bond acceptors (Lipinski definition) is 7. The Morgan fingerprint density at radius 2 is 1.81 bits per heavy atom. The number of piperazine rings is 1. The zero-order chi connectivity index (χ0) is 29.6. The number of ether oxygens (including phenoxy) is 1. The van der Waals surface area contributed by atoms with Gasteiger partial charge in [-0.1, -0.05) is 12.6 Å². The number of aromatic nitrogens is 2. The van der Waals surface area contributed by atoms with E-state index in [9.17, 15) is 18.0 Å². The summed E-state index contributed by atoms with van der Waals surface area (Å²) in [6.45, 7) is 8.96. The molecule has 0 bridgehead atoms. The molecule has 0 saturated carbocycles. The number of halogens is 3. The number of rotatable bonds is 10. The SMILES string of the molecule is C=CC(=O)Nc1cc2c(Nc3cc(-c4ccc(F)cc4F)ccc3F)ncnc2cc1OCCCN1CCN(C)CC1. The molecule has 5 rings (SSSR count). The normalized spacial score (nSPS) is 14.1. The van der Waals surface area contributed by atoms with Crippen molar-refractivity contribution < 1.29 is 22.7 Å². The second-order valence-electron chi connectivity index (χ2n) is 10.1. The first-order valence-corrected chi connectivity index (χ1v) is 13.6. The second-order valence-corrected chi connectivity index (χ2v) is 10.1. The van der Waals surface area contributed by atoms with E-state index in [1.807, 2.05) is 0 Å². The zero-order valence-electron chi connectivity index (χ0n) is 23.2. The highest BCUT2D eigenvalue weighted by atomic mass is 19.1. The van der Waals surface area contributed by atoms with Gasteiger partial charge in [0.2, 0.25) is 5.91 Å². The van der Waals surface area contributed by atoms with Gasteiger partial charge in [0, 0.05) is 55.8 Å². The number of hydrogen-bond donors (Lipinski definition) is 2. The van der Waals surface area contributed by atoms with Crippen molar-refractivity contribution in [1.82, 2.24) is 19.8 Å². The molecule has 1 aliphatic rings. The lowest BCUT2D eigenvalue weighted by Crippen LogP contribution is -2.44. The summed E-state index contributed by atoms with van der Waals surface area (Å²) in [5.41, 5.74) is 1.38. The van der Waals surface area contributed by atoms with Crippen molar-refractivity contribution in [2.24, 2.45) is 0 Å². The molecule has 42 heavy (non-hydrogen) atoms. The lowest BCUT2D eigenvalue weighted by Gasteiger charge is -2.32. The summed E-state index contributed by atoms with van der Waals surface area (Å²) < 4.78 is 48.8. The Morgan fingerprint density at radius 3 is 2.57 bits per heavy atom. The molecule has 2 N–H and O–H groups in total. The topological polar surface area (TPSA) is 82.6 Å². The van der Waals surface area contributed by atoms with Crippen molar-refractivity contribution >= 4 is 34.0 Å². The molecule has 8 nitrogen and oxygen atoms in total. The maximum Gasteiger partial charge on any atom is 0.247 e. The van der Waals surface area contributed by atoms with Crippen LogP contribution >= 0.6 is 0 Å². The smallest absolute Gasteiger partial charge is 0.247 e. The largest absolute Gasteiger partial charge is 0.491 e. The monoisotopic (exact) mass is 576 g/mol. The number of likely N-dealkylation sites (N-methyl/N-ethyl adjacent to an activating group) is 1. The second kappa shape index (κ2) is 13.0. The van der Waals surface area contributed by atoms with Crippen LogP contribution in [0, 0.1) is 17.5 Å². The Kier molecular flexibility index (Phi) is 8.99. The van der Waals surface area contributed by atoms with Crippen LogP contribution in [0.25, 0.3) is 22.0 Å².